The molecule has 1 aromatic heterocycles. The molecule has 1 heterocycles. The van der Waals surface area contributed by atoms with Crippen molar-refractivity contribution in [1.82, 2.24) is 9.97 Å². The average Bonchev–Trinajstić information content (AvgIpc) is 2.16. The molecule has 0 spiro atoms. The van der Waals surface area contributed by atoms with Gasteiger partial charge < -0.3 is 5.32 Å². The lowest BCUT2D eigenvalue weighted by molar-refractivity contribution is 0.571. The fourth-order valence-electron chi connectivity index (χ4n) is 1.28. The summed E-state index contributed by atoms with van der Waals surface area (Å²) in [5, 5.41) is 3.26. The summed E-state index contributed by atoms with van der Waals surface area (Å²) in [6, 6.07) is 0. The van der Waals surface area contributed by atoms with Gasteiger partial charge in [-0.25, -0.2) is 9.97 Å². The number of hydrogen-bond donors (Lipinski definition) is 1. The molecule has 1 aromatic rings. The minimum atomic E-state index is 0.134. The molecule has 15 heavy (non-hydrogen) atoms. The van der Waals surface area contributed by atoms with E-state index in [0.29, 0.717) is 18.4 Å². The van der Waals surface area contributed by atoms with Gasteiger partial charge in [0.15, 0.2) is 0 Å². The van der Waals surface area contributed by atoms with Gasteiger partial charge in [-0.2, -0.15) is 0 Å². The number of aryl methyl sites for hydroxylation is 1. The Morgan fingerprint density at radius 1 is 1.33 bits per heavy atom. The number of alkyl halides is 1. The molecular formula is C11H18ClN3. The quantitative estimate of drug-likeness (QED) is 0.787. The van der Waals surface area contributed by atoms with Crippen LogP contribution in [0.4, 0.5) is 5.95 Å². The SMILES string of the molecule is Cc1cnc(NCC(Cl)CC(C)C)nc1. The average molecular weight is 228 g/mol. The number of hydrogen-bond acceptors (Lipinski definition) is 3. The van der Waals surface area contributed by atoms with Crippen molar-refractivity contribution < 1.29 is 0 Å². The van der Waals surface area contributed by atoms with Gasteiger partial charge in [0.1, 0.15) is 0 Å². The molecule has 0 aliphatic rings. The number of nitrogens with zero attached hydrogens (tertiary/aromatic N) is 2. The van der Waals surface area contributed by atoms with Crippen LogP contribution < -0.4 is 5.32 Å². The Hall–Kier alpha value is -0.830. The molecular weight excluding hydrogens is 210 g/mol. The summed E-state index contributed by atoms with van der Waals surface area (Å²) in [6.45, 7) is 7.01. The molecule has 0 fully saturated rings. The van der Waals surface area contributed by atoms with Gasteiger partial charge >= 0.3 is 0 Å². The van der Waals surface area contributed by atoms with Crippen LogP contribution in [0.25, 0.3) is 0 Å². The smallest absolute Gasteiger partial charge is 0.222 e. The monoisotopic (exact) mass is 227 g/mol. The molecule has 0 saturated heterocycles. The Morgan fingerprint density at radius 3 is 2.47 bits per heavy atom. The summed E-state index contributed by atoms with van der Waals surface area (Å²) in [6.07, 6.45) is 4.59. The Bertz CT molecular complexity index is 284. The summed E-state index contributed by atoms with van der Waals surface area (Å²) in [7, 11) is 0. The highest BCUT2D eigenvalue weighted by atomic mass is 35.5. The van der Waals surface area contributed by atoms with E-state index < -0.39 is 0 Å². The second kappa shape index (κ2) is 5.91. The Kier molecular flexibility index (Phi) is 4.82. The maximum atomic E-state index is 6.14. The van der Waals surface area contributed by atoms with Crippen molar-refractivity contribution in [3.05, 3.63) is 18.0 Å². The van der Waals surface area contributed by atoms with Crippen LogP contribution in [0.2, 0.25) is 0 Å². The molecule has 1 atom stereocenters. The second-order valence-electron chi connectivity index (χ2n) is 4.19. The van der Waals surface area contributed by atoms with E-state index in [0.717, 1.165) is 12.0 Å². The Balaban J connectivity index is 2.33. The van der Waals surface area contributed by atoms with Crippen LogP contribution in [0.5, 0.6) is 0 Å². The standard InChI is InChI=1S/C11H18ClN3/c1-8(2)4-10(12)7-15-11-13-5-9(3)6-14-11/h5-6,8,10H,4,7H2,1-3H3,(H,13,14,15). The van der Waals surface area contributed by atoms with Gasteiger partial charge in [0.2, 0.25) is 5.95 Å². The zero-order chi connectivity index (χ0) is 11.3. The summed E-state index contributed by atoms with van der Waals surface area (Å²) >= 11 is 6.14. The van der Waals surface area contributed by atoms with Crippen LogP contribution in [0.3, 0.4) is 0 Å². The highest BCUT2D eigenvalue weighted by Gasteiger charge is 2.07. The van der Waals surface area contributed by atoms with E-state index in [4.69, 9.17) is 11.6 Å². The van der Waals surface area contributed by atoms with E-state index >= 15 is 0 Å². The maximum absolute atomic E-state index is 6.14. The first-order chi connectivity index (χ1) is 7.08. The zero-order valence-electron chi connectivity index (χ0n) is 9.50. The number of anilines is 1. The number of halogens is 1. The topological polar surface area (TPSA) is 37.8 Å². The van der Waals surface area contributed by atoms with Gasteiger partial charge in [0.05, 0.1) is 5.38 Å². The minimum Gasteiger partial charge on any atom is -0.353 e. The maximum Gasteiger partial charge on any atom is 0.222 e. The summed E-state index contributed by atoms with van der Waals surface area (Å²) < 4.78 is 0. The molecule has 0 amide bonds. The first-order valence-corrected chi connectivity index (χ1v) is 5.68. The first kappa shape index (κ1) is 12.2. The van der Waals surface area contributed by atoms with Crippen LogP contribution >= 0.6 is 11.6 Å². The highest BCUT2D eigenvalue weighted by Crippen LogP contribution is 2.11. The lowest BCUT2D eigenvalue weighted by atomic mass is 10.1. The zero-order valence-corrected chi connectivity index (χ0v) is 10.3. The molecule has 0 aliphatic carbocycles. The van der Waals surface area contributed by atoms with E-state index in [1.54, 1.807) is 12.4 Å². The second-order valence-corrected chi connectivity index (χ2v) is 4.81. The lowest BCUT2D eigenvalue weighted by Gasteiger charge is -2.12. The molecule has 4 heteroatoms. The molecule has 3 nitrogen and oxygen atoms in total. The predicted molar refractivity (Wildman–Crippen MR) is 64.4 cm³/mol. The highest BCUT2D eigenvalue weighted by molar-refractivity contribution is 6.20. The van der Waals surface area contributed by atoms with Crippen molar-refractivity contribution >= 4 is 17.5 Å². The Labute approximate surface area is 96.3 Å². The van der Waals surface area contributed by atoms with Crippen LogP contribution in [0.15, 0.2) is 12.4 Å². The van der Waals surface area contributed by atoms with Crippen molar-refractivity contribution in [2.24, 2.45) is 5.92 Å². The van der Waals surface area contributed by atoms with E-state index in [1.807, 2.05) is 6.92 Å². The molecule has 1 N–H and O–H groups in total. The molecule has 1 rings (SSSR count). The Morgan fingerprint density at radius 2 is 1.93 bits per heavy atom. The van der Waals surface area contributed by atoms with Crippen molar-refractivity contribution in [1.29, 1.82) is 0 Å². The summed E-state index contributed by atoms with van der Waals surface area (Å²) in [5.74, 6) is 1.27. The molecule has 0 aliphatic heterocycles. The van der Waals surface area contributed by atoms with Crippen molar-refractivity contribution in [2.75, 3.05) is 11.9 Å². The van der Waals surface area contributed by atoms with Gasteiger partial charge in [-0.15, -0.1) is 11.6 Å². The van der Waals surface area contributed by atoms with E-state index in [1.165, 1.54) is 0 Å². The van der Waals surface area contributed by atoms with Crippen molar-refractivity contribution in [3.8, 4) is 0 Å². The van der Waals surface area contributed by atoms with Gasteiger partial charge in [-0.05, 0) is 24.8 Å². The van der Waals surface area contributed by atoms with E-state index in [-0.39, 0.29) is 5.38 Å². The number of nitrogens with one attached hydrogen (secondary N) is 1. The van der Waals surface area contributed by atoms with Crippen LogP contribution in [0, 0.1) is 12.8 Å². The lowest BCUT2D eigenvalue weighted by Crippen LogP contribution is -2.17. The summed E-state index contributed by atoms with van der Waals surface area (Å²) in [4.78, 5) is 8.30. The van der Waals surface area contributed by atoms with Gasteiger partial charge in [0, 0.05) is 18.9 Å². The van der Waals surface area contributed by atoms with Gasteiger partial charge in [-0.1, -0.05) is 13.8 Å². The number of rotatable bonds is 5. The molecule has 0 saturated carbocycles. The van der Waals surface area contributed by atoms with Gasteiger partial charge in [0.25, 0.3) is 0 Å². The molecule has 0 aromatic carbocycles. The largest absolute Gasteiger partial charge is 0.353 e. The molecule has 0 bridgehead atoms. The van der Waals surface area contributed by atoms with Crippen molar-refractivity contribution in [3.63, 3.8) is 0 Å². The van der Waals surface area contributed by atoms with Crippen LogP contribution in [-0.2, 0) is 0 Å². The third-order valence-corrected chi connectivity index (χ3v) is 2.32. The van der Waals surface area contributed by atoms with Crippen LogP contribution in [-0.4, -0.2) is 21.9 Å². The summed E-state index contributed by atoms with van der Waals surface area (Å²) in [5.41, 5.74) is 1.06. The van der Waals surface area contributed by atoms with E-state index in [9.17, 15) is 0 Å². The number of aromatic nitrogens is 2. The fourth-order valence-corrected chi connectivity index (χ4v) is 1.71. The molecule has 1 unspecified atom stereocenters. The van der Waals surface area contributed by atoms with E-state index in [2.05, 4.69) is 29.1 Å². The predicted octanol–water partition coefficient (Wildman–Crippen LogP) is 2.85. The minimum absolute atomic E-state index is 0.134. The third-order valence-electron chi connectivity index (χ3n) is 1.99. The molecule has 84 valence electrons. The molecule has 0 radical (unpaired) electrons. The van der Waals surface area contributed by atoms with Gasteiger partial charge in [-0.3, -0.25) is 0 Å². The first-order valence-electron chi connectivity index (χ1n) is 5.24. The van der Waals surface area contributed by atoms with Crippen molar-refractivity contribution in [2.45, 2.75) is 32.6 Å². The third kappa shape index (κ3) is 4.98. The normalized spacial score (nSPS) is 12.9. The van der Waals surface area contributed by atoms with Crippen LogP contribution in [0.1, 0.15) is 25.8 Å². The fraction of sp³-hybridized carbons (Fsp3) is 0.636.